The highest BCUT2D eigenvalue weighted by Gasteiger charge is 2.06. The maximum Gasteiger partial charge on any atom is 0.335 e. The lowest BCUT2D eigenvalue weighted by Crippen LogP contribution is -2.26. The van der Waals surface area contributed by atoms with Gasteiger partial charge in [0.05, 0.1) is 12.2 Å². The van der Waals surface area contributed by atoms with E-state index >= 15 is 0 Å². The van der Waals surface area contributed by atoms with Gasteiger partial charge in [-0.25, -0.2) is 4.79 Å². The number of aliphatic hydroxyl groups is 1. The van der Waals surface area contributed by atoms with Crippen molar-refractivity contribution >= 4 is 43.3 Å². The van der Waals surface area contributed by atoms with Crippen LogP contribution in [0.1, 0.15) is 85.3 Å². The number of aldehydes is 5. The zero-order valence-corrected chi connectivity index (χ0v) is 23.7. The number of hydrogen-bond donors (Lipinski definition) is 3. The lowest BCUT2D eigenvalue weighted by Gasteiger charge is -2.05. The number of azide groups is 1. The summed E-state index contributed by atoms with van der Waals surface area (Å²) in [5.74, 6) is -1.14. The summed E-state index contributed by atoms with van der Waals surface area (Å²) in [5, 5.41) is 23.2. The molecule has 3 aromatic rings. The standard InChI is InChI=1S/C13H14N4O3.2C9H8O3/c14-17-16-6-5-15-13(20)4-2-10-1-3-11(8-18)12(7-10)9-19;1-6-4-7(9(11)12)2-3-8(6)5-10;10-4-7-1-2-8(5-11)9(3-7)6-12/h1,3,7-9H,2,4-6H2,(H,15,20);2-5H,1H3,(H,11,12);1-3,5-6,10H,4H2. The summed E-state index contributed by atoms with van der Waals surface area (Å²) in [6, 6.07) is 13.9. The fourth-order valence-corrected chi connectivity index (χ4v) is 3.50. The van der Waals surface area contributed by atoms with Gasteiger partial charge in [-0.2, -0.15) is 0 Å². The minimum Gasteiger partial charge on any atom is -0.478 e. The molecule has 1 amide bonds. The van der Waals surface area contributed by atoms with Gasteiger partial charge >= 0.3 is 5.97 Å². The highest BCUT2D eigenvalue weighted by molar-refractivity contribution is 5.91. The Labute approximate surface area is 252 Å². The van der Waals surface area contributed by atoms with Crippen LogP contribution >= 0.6 is 0 Å². The Hall–Kier alpha value is -5.78. The van der Waals surface area contributed by atoms with Crippen molar-refractivity contribution in [1.82, 2.24) is 5.32 Å². The summed E-state index contributed by atoms with van der Waals surface area (Å²) in [6.45, 7) is 2.09. The SMILES string of the molecule is Cc1cc(C(=O)O)ccc1C=O.O=Cc1ccc(CO)cc1C=O.[N-]=[N+]=NCCNC(=O)CCc1ccc(C=O)c(C=O)c1. The molecule has 3 rings (SSSR count). The minimum absolute atomic E-state index is 0.125. The molecular weight excluding hydrogens is 572 g/mol. The Balaban J connectivity index is 0.000000348. The van der Waals surface area contributed by atoms with E-state index in [2.05, 4.69) is 15.3 Å². The molecule has 0 atom stereocenters. The van der Waals surface area contributed by atoms with Crippen LogP contribution in [0.5, 0.6) is 0 Å². The number of amides is 1. The van der Waals surface area contributed by atoms with Crippen LogP contribution in [0.2, 0.25) is 0 Å². The van der Waals surface area contributed by atoms with Crippen molar-refractivity contribution in [2.24, 2.45) is 5.11 Å². The summed E-state index contributed by atoms with van der Waals surface area (Å²) < 4.78 is 0. The minimum atomic E-state index is -0.976. The van der Waals surface area contributed by atoms with Gasteiger partial charge in [-0.15, -0.1) is 0 Å². The second-order valence-electron chi connectivity index (χ2n) is 8.85. The number of nitrogens with one attached hydrogen (secondary N) is 1. The summed E-state index contributed by atoms with van der Waals surface area (Å²) >= 11 is 0. The van der Waals surface area contributed by atoms with Gasteiger partial charge in [-0.3, -0.25) is 28.8 Å². The average Bonchev–Trinajstić information content (AvgIpc) is 3.05. The molecule has 3 aromatic carbocycles. The van der Waals surface area contributed by atoms with E-state index in [1.165, 1.54) is 30.3 Å². The van der Waals surface area contributed by atoms with E-state index in [0.29, 0.717) is 83.3 Å². The zero-order chi connectivity index (χ0) is 32.9. The zero-order valence-electron chi connectivity index (χ0n) is 23.7. The fraction of sp³-hybridized carbons (Fsp3) is 0.194. The predicted molar refractivity (Wildman–Crippen MR) is 159 cm³/mol. The molecule has 0 aliphatic heterocycles. The first-order valence-corrected chi connectivity index (χ1v) is 12.9. The molecule has 0 spiro atoms. The second kappa shape index (κ2) is 20.2. The first-order chi connectivity index (χ1) is 21.2. The van der Waals surface area contributed by atoms with Crippen LogP contribution in [0.4, 0.5) is 0 Å². The summed E-state index contributed by atoms with van der Waals surface area (Å²) in [6.07, 6.45) is 3.89. The Bertz CT molecular complexity index is 1550. The van der Waals surface area contributed by atoms with E-state index in [4.69, 9.17) is 15.7 Å². The first-order valence-electron chi connectivity index (χ1n) is 12.9. The van der Waals surface area contributed by atoms with Gasteiger partial charge in [0.25, 0.3) is 0 Å². The van der Waals surface area contributed by atoms with E-state index in [1.807, 2.05) is 0 Å². The Morgan fingerprint density at radius 1 is 0.795 bits per heavy atom. The van der Waals surface area contributed by atoms with E-state index in [9.17, 15) is 33.6 Å². The molecule has 0 aliphatic carbocycles. The quantitative estimate of drug-likeness (QED) is 0.0845. The number of carbonyl (C=O) groups is 7. The molecule has 0 saturated heterocycles. The molecule has 0 saturated carbocycles. The number of benzene rings is 3. The maximum absolute atomic E-state index is 11.5. The van der Waals surface area contributed by atoms with Crippen LogP contribution in [0, 0.1) is 6.92 Å². The molecule has 228 valence electrons. The van der Waals surface area contributed by atoms with Crippen molar-refractivity contribution < 1.29 is 43.8 Å². The maximum atomic E-state index is 11.5. The molecular formula is C31H30N4O9. The van der Waals surface area contributed by atoms with E-state index < -0.39 is 5.97 Å². The van der Waals surface area contributed by atoms with Crippen LogP contribution in [0.3, 0.4) is 0 Å². The number of rotatable bonds is 13. The average molecular weight is 603 g/mol. The number of carboxylic acids is 1. The topological polar surface area (TPSA) is 221 Å². The van der Waals surface area contributed by atoms with Crippen molar-refractivity contribution in [1.29, 1.82) is 0 Å². The molecule has 0 aliphatic rings. The molecule has 0 aromatic heterocycles. The van der Waals surface area contributed by atoms with E-state index in [1.54, 1.807) is 31.2 Å². The number of hydrogen-bond acceptors (Lipinski definition) is 9. The lowest BCUT2D eigenvalue weighted by molar-refractivity contribution is -0.121. The molecule has 13 heteroatoms. The number of nitrogens with zero attached hydrogens (tertiary/aromatic N) is 3. The van der Waals surface area contributed by atoms with Gasteiger partial charge in [0.2, 0.25) is 5.91 Å². The van der Waals surface area contributed by atoms with Crippen LogP contribution in [-0.4, -0.2) is 66.6 Å². The molecule has 3 N–H and O–H groups in total. The Morgan fingerprint density at radius 2 is 1.32 bits per heavy atom. The van der Waals surface area contributed by atoms with Gasteiger partial charge in [0.1, 0.15) is 6.29 Å². The van der Waals surface area contributed by atoms with Gasteiger partial charge < -0.3 is 15.5 Å². The third-order valence-electron chi connectivity index (χ3n) is 5.87. The normalized spacial score (nSPS) is 9.41. The molecule has 13 nitrogen and oxygen atoms in total. The molecule has 0 heterocycles. The third kappa shape index (κ3) is 12.4. The van der Waals surface area contributed by atoms with E-state index in [-0.39, 0.29) is 31.0 Å². The number of carboxylic acid groups (broad SMARTS) is 1. The number of aromatic carboxylic acids is 1. The van der Waals surface area contributed by atoms with Crippen molar-refractivity contribution in [2.75, 3.05) is 13.1 Å². The van der Waals surface area contributed by atoms with Gasteiger partial charge in [0, 0.05) is 52.2 Å². The number of aryl methyl sites for hydroxylation is 2. The molecule has 44 heavy (non-hydrogen) atoms. The van der Waals surface area contributed by atoms with Crippen LogP contribution in [0.25, 0.3) is 10.4 Å². The van der Waals surface area contributed by atoms with Gasteiger partial charge in [0.15, 0.2) is 25.1 Å². The Morgan fingerprint density at radius 3 is 1.80 bits per heavy atom. The molecule has 0 radical (unpaired) electrons. The van der Waals surface area contributed by atoms with E-state index in [0.717, 1.165) is 5.56 Å². The van der Waals surface area contributed by atoms with Crippen molar-refractivity contribution in [3.05, 3.63) is 115 Å². The van der Waals surface area contributed by atoms with Crippen LogP contribution in [-0.2, 0) is 17.8 Å². The third-order valence-corrected chi connectivity index (χ3v) is 5.87. The second-order valence-corrected chi connectivity index (χ2v) is 8.85. The fourth-order valence-electron chi connectivity index (χ4n) is 3.50. The van der Waals surface area contributed by atoms with Gasteiger partial charge in [-0.1, -0.05) is 35.4 Å². The predicted octanol–water partition coefficient (Wildman–Crippen LogP) is 3.98. The van der Waals surface area contributed by atoms with Gasteiger partial charge in [-0.05, 0) is 59.8 Å². The summed E-state index contributed by atoms with van der Waals surface area (Å²) in [5.41, 5.74) is 12.2. The summed E-state index contributed by atoms with van der Waals surface area (Å²) in [7, 11) is 0. The monoisotopic (exact) mass is 602 g/mol. The Kier molecular flexibility index (Phi) is 16.6. The van der Waals surface area contributed by atoms with Crippen molar-refractivity contribution in [3.63, 3.8) is 0 Å². The lowest BCUT2D eigenvalue weighted by atomic mass is 10.0. The molecule has 0 unspecified atom stereocenters. The van der Waals surface area contributed by atoms with Crippen molar-refractivity contribution in [3.8, 4) is 0 Å². The first kappa shape index (κ1) is 36.2. The summed E-state index contributed by atoms with van der Waals surface area (Å²) in [4.78, 5) is 77.1. The van der Waals surface area contributed by atoms with Crippen molar-refractivity contribution in [2.45, 2.75) is 26.4 Å². The highest BCUT2D eigenvalue weighted by Crippen LogP contribution is 2.11. The smallest absolute Gasteiger partial charge is 0.335 e. The number of carbonyl (C=O) groups excluding carboxylic acids is 6. The molecule has 0 fully saturated rings. The van der Waals surface area contributed by atoms with Crippen LogP contribution < -0.4 is 5.32 Å². The highest BCUT2D eigenvalue weighted by atomic mass is 16.4. The number of aliphatic hydroxyl groups excluding tert-OH is 1. The van der Waals surface area contributed by atoms with Crippen LogP contribution in [0.15, 0.2) is 59.7 Å². The largest absolute Gasteiger partial charge is 0.478 e. The molecule has 0 bridgehead atoms.